The summed E-state index contributed by atoms with van der Waals surface area (Å²) in [6.45, 7) is 0. The largest absolute Gasteiger partial charge is 0.494 e. The maximum absolute atomic E-state index is 5.45. The summed E-state index contributed by atoms with van der Waals surface area (Å²) in [5.41, 5.74) is 0. The van der Waals surface area contributed by atoms with Gasteiger partial charge in [-0.2, -0.15) is 11.8 Å². The molecule has 0 aromatic carbocycles. The van der Waals surface area contributed by atoms with Crippen molar-refractivity contribution in [2.45, 2.75) is 12.5 Å². The number of thioether (sulfide) groups is 1. The molecule has 0 amide bonds. The van der Waals surface area contributed by atoms with Crippen molar-refractivity contribution in [3.63, 3.8) is 0 Å². The van der Waals surface area contributed by atoms with Gasteiger partial charge in [0.1, 0.15) is 6.10 Å². The van der Waals surface area contributed by atoms with Crippen LogP contribution in [0.3, 0.4) is 0 Å². The predicted octanol–water partition coefficient (Wildman–Crippen LogP) is 2.01. The Morgan fingerprint density at radius 3 is 3.18 bits per heavy atom. The molecule has 2 unspecified atom stereocenters. The summed E-state index contributed by atoms with van der Waals surface area (Å²) < 4.78 is 5.45. The molecule has 0 aromatic heterocycles. The highest BCUT2D eigenvalue weighted by molar-refractivity contribution is 7.99. The summed E-state index contributed by atoms with van der Waals surface area (Å²) in [6.07, 6.45) is 10.3. The van der Waals surface area contributed by atoms with Crippen LogP contribution in [0.15, 0.2) is 18.4 Å². The quantitative estimate of drug-likeness (QED) is 0.591. The Labute approximate surface area is 71.5 Å². The smallest absolute Gasteiger partial charge is 0.120 e. The van der Waals surface area contributed by atoms with Gasteiger partial charge in [0.25, 0.3) is 0 Å². The summed E-state index contributed by atoms with van der Waals surface area (Å²) >= 11 is 2.02. The summed E-state index contributed by atoms with van der Waals surface area (Å²) in [5, 5.41) is 0. The van der Waals surface area contributed by atoms with E-state index in [0.29, 0.717) is 6.10 Å². The first-order valence-electron chi connectivity index (χ1n) is 3.94. The van der Waals surface area contributed by atoms with Gasteiger partial charge >= 0.3 is 0 Å². The molecule has 2 aliphatic rings. The van der Waals surface area contributed by atoms with Crippen molar-refractivity contribution in [1.82, 2.24) is 0 Å². The van der Waals surface area contributed by atoms with E-state index in [1.807, 2.05) is 23.9 Å². The van der Waals surface area contributed by atoms with Gasteiger partial charge in [-0.15, -0.1) is 0 Å². The topological polar surface area (TPSA) is 9.23 Å². The SMILES string of the molecule is [C]1=CC(C2CCSC2)OC=C1. The third kappa shape index (κ3) is 1.62. The first-order valence-corrected chi connectivity index (χ1v) is 5.10. The van der Waals surface area contributed by atoms with Crippen LogP contribution in [-0.2, 0) is 4.74 Å². The summed E-state index contributed by atoms with van der Waals surface area (Å²) in [7, 11) is 0. The Hall–Kier alpha value is -0.370. The zero-order valence-corrected chi connectivity index (χ0v) is 7.14. The minimum atomic E-state index is 0.301. The number of hydrogen-bond donors (Lipinski definition) is 0. The summed E-state index contributed by atoms with van der Waals surface area (Å²) in [6, 6.07) is 0. The van der Waals surface area contributed by atoms with Crippen LogP contribution in [0.25, 0.3) is 0 Å². The van der Waals surface area contributed by atoms with E-state index < -0.39 is 0 Å². The number of ether oxygens (including phenoxy) is 1. The maximum Gasteiger partial charge on any atom is 0.120 e. The molecule has 0 N–H and O–H groups in total. The third-order valence-electron chi connectivity index (χ3n) is 2.09. The Morgan fingerprint density at radius 2 is 2.55 bits per heavy atom. The highest BCUT2D eigenvalue weighted by Crippen LogP contribution is 2.29. The van der Waals surface area contributed by atoms with Crippen LogP contribution in [0.1, 0.15) is 6.42 Å². The number of rotatable bonds is 1. The van der Waals surface area contributed by atoms with E-state index in [0.717, 1.165) is 5.92 Å². The van der Waals surface area contributed by atoms with Crippen molar-refractivity contribution in [3.8, 4) is 0 Å². The minimum Gasteiger partial charge on any atom is -0.494 e. The van der Waals surface area contributed by atoms with Crippen LogP contribution in [0, 0.1) is 12.0 Å². The van der Waals surface area contributed by atoms with Gasteiger partial charge in [0.05, 0.1) is 6.26 Å². The molecule has 59 valence electrons. The molecule has 0 saturated carbocycles. The van der Waals surface area contributed by atoms with Gasteiger partial charge in [0, 0.05) is 5.92 Å². The van der Waals surface area contributed by atoms with Gasteiger partial charge in [0.2, 0.25) is 0 Å². The first-order chi connectivity index (χ1) is 5.47. The van der Waals surface area contributed by atoms with Crippen LogP contribution in [0.2, 0.25) is 0 Å². The van der Waals surface area contributed by atoms with E-state index >= 15 is 0 Å². The van der Waals surface area contributed by atoms with E-state index in [9.17, 15) is 0 Å². The second-order valence-electron chi connectivity index (χ2n) is 2.86. The zero-order chi connectivity index (χ0) is 7.52. The van der Waals surface area contributed by atoms with E-state index in [-0.39, 0.29) is 0 Å². The molecule has 1 fully saturated rings. The Balaban J connectivity index is 1.94. The lowest BCUT2D eigenvalue weighted by atomic mass is 10.0. The second-order valence-corrected chi connectivity index (χ2v) is 4.01. The van der Waals surface area contributed by atoms with Gasteiger partial charge < -0.3 is 4.74 Å². The van der Waals surface area contributed by atoms with Gasteiger partial charge in [-0.3, -0.25) is 0 Å². The van der Waals surface area contributed by atoms with Crippen LogP contribution in [0.5, 0.6) is 0 Å². The van der Waals surface area contributed by atoms with Crippen molar-refractivity contribution in [1.29, 1.82) is 0 Å². The maximum atomic E-state index is 5.45. The molecule has 2 rings (SSSR count). The van der Waals surface area contributed by atoms with E-state index in [2.05, 4.69) is 6.08 Å². The standard InChI is InChI=1S/C9H11OS/c1-2-5-10-9(3-1)8-4-6-11-7-8/h2-3,5,8-9H,4,6-7H2. The molecule has 2 heterocycles. The molecular weight excluding hydrogens is 156 g/mol. The third-order valence-corrected chi connectivity index (χ3v) is 3.28. The van der Waals surface area contributed by atoms with Crippen molar-refractivity contribution in [3.05, 3.63) is 24.5 Å². The molecule has 2 aliphatic heterocycles. The van der Waals surface area contributed by atoms with E-state index in [4.69, 9.17) is 4.74 Å². The van der Waals surface area contributed by atoms with Gasteiger partial charge in [-0.05, 0) is 36.2 Å². The molecule has 0 bridgehead atoms. The van der Waals surface area contributed by atoms with E-state index in [1.165, 1.54) is 17.9 Å². The van der Waals surface area contributed by atoms with Crippen molar-refractivity contribution in [2.24, 2.45) is 5.92 Å². The fraction of sp³-hybridized carbons (Fsp3) is 0.556. The fourth-order valence-electron chi connectivity index (χ4n) is 1.42. The molecule has 1 saturated heterocycles. The first kappa shape index (κ1) is 7.29. The van der Waals surface area contributed by atoms with Gasteiger partial charge in [-0.1, -0.05) is 0 Å². The minimum absolute atomic E-state index is 0.301. The monoisotopic (exact) mass is 167 g/mol. The second kappa shape index (κ2) is 3.35. The van der Waals surface area contributed by atoms with E-state index in [1.54, 1.807) is 6.26 Å². The Bertz CT molecular complexity index is 180. The van der Waals surface area contributed by atoms with Crippen molar-refractivity contribution in [2.75, 3.05) is 11.5 Å². The van der Waals surface area contributed by atoms with Crippen LogP contribution in [-0.4, -0.2) is 17.6 Å². The van der Waals surface area contributed by atoms with Crippen molar-refractivity contribution >= 4 is 11.8 Å². The molecule has 0 aliphatic carbocycles. The fourth-order valence-corrected chi connectivity index (χ4v) is 2.71. The molecule has 1 radical (unpaired) electrons. The number of allylic oxidation sites excluding steroid dienone is 2. The Morgan fingerprint density at radius 1 is 1.55 bits per heavy atom. The molecule has 11 heavy (non-hydrogen) atoms. The lowest BCUT2D eigenvalue weighted by Gasteiger charge is -2.20. The molecular formula is C9H11OS. The molecule has 2 atom stereocenters. The van der Waals surface area contributed by atoms with Crippen LogP contribution < -0.4 is 0 Å². The number of hydrogen-bond acceptors (Lipinski definition) is 2. The summed E-state index contributed by atoms with van der Waals surface area (Å²) in [4.78, 5) is 0. The van der Waals surface area contributed by atoms with Gasteiger partial charge in [-0.25, -0.2) is 0 Å². The highest BCUT2D eigenvalue weighted by atomic mass is 32.2. The molecule has 0 spiro atoms. The van der Waals surface area contributed by atoms with Gasteiger partial charge in [0.15, 0.2) is 0 Å². The average molecular weight is 167 g/mol. The lowest BCUT2D eigenvalue weighted by Crippen LogP contribution is -2.20. The predicted molar refractivity (Wildman–Crippen MR) is 47.3 cm³/mol. The van der Waals surface area contributed by atoms with Crippen LogP contribution in [0.4, 0.5) is 0 Å². The lowest BCUT2D eigenvalue weighted by molar-refractivity contribution is 0.134. The average Bonchev–Trinajstić information content (AvgIpc) is 2.58. The summed E-state index contributed by atoms with van der Waals surface area (Å²) in [5.74, 6) is 3.26. The van der Waals surface area contributed by atoms with Crippen LogP contribution >= 0.6 is 11.8 Å². The molecule has 1 nitrogen and oxygen atoms in total. The van der Waals surface area contributed by atoms with Crippen molar-refractivity contribution < 1.29 is 4.74 Å². The zero-order valence-electron chi connectivity index (χ0n) is 6.32. The Kier molecular flexibility index (Phi) is 2.22. The molecule has 0 aromatic rings. The normalized spacial score (nSPS) is 35.6. The highest BCUT2D eigenvalue weighted by Gasteiger charge is 2.24. The molecule has 2 heteroatoms.